The number of rotatable bonds is 20. The van der Waals surface area contributed by atoms with Gasteiger partial charge < -0.3 is 46.7 Å². The van der Waals surface area contributed by atoms with Crippen LogP contribution in [0.4, 0.5) is 0 Å². The van der Waals surface area contributed by atoms with Gasteiger partial charge in [-0.05, 0) is 59.7 Å². The summed E-state index contributed by atoms with van der Waals surface area (Å²) in [6.07, 6.45) is 9.77. The first kappa shape index (κ1) is 47.1. The van der Waals surface area contributed by atoms with Gasteiger partial charge in [0.2, 0.25) is 29.4 Å². The Kier molecular flexibility index (Phi) is 18.7. The van der Waals surface area contributed by atoms with Crippen LogP contribution in [0.25, 0.3) is 0 Å². The van der Waals surface area contributed by atoms with Crippen LogP contribution < -0.4 is 36.5 Å². The van der Waals surface area contributed by atoms with Crippen molar-refractivity contribution in [2.24, 2.45) is 11.7 Å². The molecular weight excluding hydrogens is 767 g/mol. The summed E-state index contributed by atoms with van der Waals surface area (Å²) in [7, 11) is 1.33. The van der Waals surface area contributed by atoms with Crippen LogP contribution in [0.3, 0.4) is 0 Å². The number of benzene rings is 3. The van der Waals surface area contributed by atoms with Crippen LogP contribution in [0.2, 0.25) is 0 Å². The lowest BCUT2D eigenvalue weighted by molar-refractivity contribution is -0.143. The largest absolute Gasteiger partial charge is 0.504 e. The van der Waals surface area contributed by atoms with E-state index < -0.39 is 65.6 Å². The molecule has 14 nitrogen and oxygen atoms in total. The lowest BCUT2D eigenvalue weighted by Gasteiger charge is -2.30. The second-order valence-corrected chi connectivity index (χ2v) is 16.0. The molecule has 8 N–H and O–H groups in total. The number of hydrogen-bond acceptors (Lipinski definition) is 9. The monoisotopic (exact) mass is 829 g/mol. The van der Waals surface area contributed by atoms with Gasteiger partial charge in [-0.15, -0.1) is 0 Å². The molecule has 4 amide bonds. The first-order valence-electron chi connectivity index (χ1n) is 21.2. The Labute approximate surface area is 353 Å². The molecule has 2 heterocycles. The number of amides is 4. The highest BCUT2D eigenvalue weighted by Gasteiger charge is 2.37. The van der Waals surface area contributed by atoms with E-state index in [9.17, 15) is 34.2 Å². The van der Waals surface area contributed by atoms with Crippen LogP contribution in [0, 0.1) is 5.92 Å². The Morgan fingerprint density at radius 2 is 1.55 bits per heavy atom. The zero-order valence-electron chi connectivity index (χ0n) is 35.3. The van der Waals surface area contributed by atoms with Gasteiger partial charge in [-0.1, -0.05) is 115 Å². The first-order valence-corrected chi connectivity index (χ1v) is 21.2. The van der Waals surface area contributed by atoms with Crippen LogP contribution in [-0.2, 0) is 36.8 Å². The Morgan fingerprint density at radius 1 is 0.900 bits per heavy atom. The van der Waals surface area contributed by atoms with Gasteiger partial charge in [-0.25, -0.2) is 4.79 Å². The maximum atomic E-state index is 14.5. The number of aliphatic carboxylic acids is 1. The van der Waals surface area contributed by atoms with E-state index in [2.05, 4.69) is 28.2 Å². The van der Waals surface area contributed by atoms with Gasteiger partial charge in [0.15, 0.2) is 17.5 Å². The lowest BCUT2D eigenvalue weighted by atomic mass is 9.96. The molecule has 0 aliphatic carbocycles. The number of fused-ring (bicyclic) bond motifs is 9. The third-order valence-corrected chi connectivity index (χ3v) is 10.5. The number of nitrogens with two attached hydrogens (primary N) is 1. The average molecular weight is 830 g/mol. The van der Waals surface area contributed by atoms with E-state index in [1.54, 1.807) is 54.6 Å². The molecule has 4 bridgehead atoms. The molecule has 60 heavy (non-hydrogen) atoms. The summed E-state index contributed by atoms with van der Waals surface area (Å²) in [5, 5.41) is 32.8. The molecule has 0 unspecified atom stereocenters. The van der Waals surface area contributed by atoms with E-state index in [4.69, 9.17) is 15.2 Å². The number of carbonyl (C=O) groups is 5. The number of aromatic hydroxyl groups is 1. The van der Waals surface area contributed by atoms with Crippen molar-refractivity contribution in [2.45, 2.75) is 134 Å². The topological polar surface area (TPSA) is 218 Å². The highest BCUT2D eigenvalue weighted by molar-refractivity contribution is 5.94. The van der Waals surface area contributed by atoms with Crippen molar-refractivity contribution in [1.82, 2.24) is 21.3 Å². The molecule has 326 valence electrons. The predicted molar refractivity (Wildman–Crippen MR) is 229 cm³/mol. The molecule has 0 saturated carbocycles. The van der Waals surface area contributed by atoms with Crippen molar-refractivity contribution < 1.29 is 43.7 Å². The summed E-state index contributed by atoms with van der Waals surface area (Å²) >= 11 is 0. The quantitative estimate of drug-likeness (QED) is 0.0661. The third-order valence-electron chi connectivity index (χ3n) is 10.5. The van der Waals surface area contributed by atoms with E-state index in [1.807, 2.05) is 13.8 Å². The van der Waals surface area contributed by atoms with Gasteiger partial charge in [0.1, 0.15) is 17.8 Å². The minimum atomic E-state index is -1.72. The summed E-state index contributed by atoms with van der Waals surface area (Å²) < 4.78 is 11.6. The van der Waals surface area contributed by atoms with Crippen molar-refractivity contribution in [1.29, 1.82) is 0 Å². The number of carboxylic acids is 1. The molecule has 0 radical (unpaired) electrons. The molecule has 3 aromatic rings. The standard InChI is InChI=1S/C46H63N5O9/c1-5-6-7-8-9-10-11-12-16-19-39(53)50-41(46(57)58)40-32-27-37(52)42(59-4)38(28-32)60-33-22-20-31(21-23-33)26-35(48-43(54)34(47)24-29(2)3)44(55)49-36(45(56)51-40)25-30-17-14-13-15-18-30/h13-15,17-18,20-23,27-29,34-36,40-41,52H,5-12,16,19,24-26,47H2,1-4H3,(H,48,54)(H,49,55)(H,50,53)(H,51,56)(H,57,58)/t34-,35+,36-,40-,41-/m1/s1. The number of unbranched alkanes of at least 4 members (excludes halogenated alkanes) is 8. The maximum absolute atomic E-state index is 14.5. The second kappa shape index (κ2) is 23.8. The number of carbonyl (C=O) groups excluding carboxylic acids is 4. The van der Waals surface area contributed by atoms with Gasteiger partial charge in [0.05, 0.1) is 19.2 Å². The van der Waals surface area contributed by atoms with Crippen LogP contribution in [0.1, 0.15) is 114 Å². The first-order chi connectivity index (χ1) is 28.8. The summed E-state index contributed by atoms with van der Waals surface area (Å²) in [5.41, 5.74) is 7.62. The Balaban J connectivity index is 1.73. The summed E-state index contributed by atoms with van der Waals surface area (Å²) in [5.74, 6) is -3.99. The molecule has 0 fully saturated rings. The molecule has 0 spiro atoms. The number of phenolic OH excluding ortho intramolecular Hbond substituents is 1. The van der Waals surface area contributed by atoms with Gasteiger partial charge in [0, 0.05) is 19.3 Å². The van der Waals surface area contributed by atoms with E-state index in [0.717, 1.165) is 25.7 Å². The number of methoxy groups -OCH3 is 1. The van der Waals surface area contributed by atoms with Crippen molar-refractivity contribution >= 4 is 29.6 Å². The van der Waals surface area contributed by atoms with Crippen molar-refractivity contribution in [3.8, 4) is 23.0 Å². The predicted octanol–water partition coefficient (Wildman–Crippen LogP) is 5.98. The van der Waals surface area contributed by atoms with Crippen molar-refractivity contribution in [3.05, 3.63) is 83.4 Å². The average Bonchev–Trinajstić information content (AvgIpc) is 3.21. The fraction of sp³-hybridized carbons (Fsp3) is 0.500. The molecule has 5 atom stereocenters. The number of ether oxygens (including phenoxy) is 2. The van der Waals surface area contributed by atoms with E-state index in [0.29, 0.717) is 29.7 Å². The molecule has 5 rings (SSSR count). The zero-order valence-corrected chi connectivity index (χ0v) is 35.3. The van der Waals surface area contributed by atoms with Crippen molar-refractivity contribution in [2.75, 3.05) is 7.11 Å². The Bertz CT molecular complexity index is 1870. The summed E-state index contributed by atoms with van der Waals surface area (Å²) in [4.78, 5) is 68.5. The minimum Gasteiger partial charge on any atom is -0.504 e. The zero-order chi connectivity index (χ0) is 43.6. The van der Waals surface area contributed by atoms with Gasteiger partial charge >= 0.3 is 5.97 Å². The fourth-order valence-corrected chi connectivity index (χ4v) is 7.30. The number of hydrogen-bond donors (Lipinski definition) is 7. The summed E-state index contributed by atoms with van der Waals surface area (Å²) in [6, 6.07) is 11.7. The molecule has 2 aliphatic heterocycles. The van der Waals surface area contributed by atoms with Gasteiger partial charge in [0.25, 0.3) is 0 Å². The van der Waals surface area contributed by atoms with Crippen LogP contribution >= 0.6 is 0 Å². The van der Waals surface area contributed by atoms with E-state index in [1.165, 1.54) is 44.9 Å². The second-order valence-electron chi connectivity index (χ2n) is 16.0. The molecule has 14 heteroatoms. The normalized spacial score (nSPS) is 17.8. The van der Waals surface area contributed by atoms with E-state index >= 15 is 0 Å². The van der Waals surface area contributed by atoms with Crippen molar-refractivity contribution in [3.63, 3.8) is 0 Å². The van der Waals surface area contributed by atoms with Gasteiger partial charge in [-0.2, -0.15) is 0 Å². The third kappa shape index (κ3) is 14.6. The van der Waals surface area contributed by atoms with Gasteiger partial charge in [-0.3, -0.25) is 19.2 Å². The minimum absolute atomic E-state index is 0.00942. The molecule has 3 aromatic carbocycles. The smallest absolute Gasteiger partial charge is 0.328 e. The van der Waals surface area contributed by atoms with E-state index in [-0.39, 0.29) is 42.2 Å². The van der Waals surface area contributed by atoms with Crippen LogP contribution in [-0.4, -0.2) is 71.1 Å². The number of phenols is 1. The van der Waals surface area contributed by atoms with Crippen LogP contribution in [0.15, 0.2) is 66.7 Å². The highest BCUT2D eigenvalue weighted by atomic mass is 16.5. The molecular formula is C46H63N5O9. The Morgan fingerprint density at radius 3 is 2.17 bits per heavy atom. The number of nitrogens with one attached hydrogen (secondary N) is 4. The highest BCUT2D eigenvalue weighted by Crippen LogP contribution is 2.42. The SMILES string of the molecule is CCCCCCCCCCCC(=O)N[C@@H](C(=O)O)[C@@H]1NC(=O)[C@@H](Cc2ccccc2)NC(=O)[C@@H](NC(=O)[C@H](N)CC(C)C)Cc2ccc(cc2)Oc2cc1cc(O)c2OC. The molecule has 2 aliphatic rings. The van der Waals surface area contributed by atoms with Crippen LogP contribution in [0.5, 0.6) is 23.0 Å². The fourth-order valence-electron chi connectivity index (χ4n) is 7.30. The number of carboxylic acid groups (broad SMARTS) is 1. The lowest BCUT2D eigenvalue weighted by Crippen LogP contribution is -2.58. The molecule has 0 saturated heterocycles. The molecule has 0 aromatic heterocycles. The Hall–Kier alpha value is -5.63. The summed E-state index contributed by atoms with van der Waals surface area (Å²) in [6.45, 7) is 6.04. The maximum Gasteiger partial charge on any atom is 0.328 e.